The number of hydrogen-bond donors (Lipinski definition) is 0. The van der Waals surface area contributed by atoms with Crippen LogP contribution in [0.25, 0.3) is 0 Å². The van der Waals surface area contributed by atoms with Gasteiger partial charge in [0.25, 0.3) is 0 Å². The third-order valence-corrected chi connectivity index (χ3v) is 0.874. The largest absolute Gasteiger partial charge is 0.190 e. The molecule has 0 saturated heterocycles. The summed E-state index contributed by atoms with van der Waals surface area (Å²) in [5, 5.41) is 0. The molecule has 7 heavy (non-hydrogen) atoms. The molecule has 0 radical (unpaired) electrons. The van der Waals surface area contributed by atoms with E-state index in [1.807, 2.05) is 6.08 Å². The number of rotatable bonds is 2. The van der Waals surface area contributed by atoms with Crippen LogP contribution in [0.2, 0.25) is 26.8 Å². The fourth-order valence-electron chi connectivity index (χ4n) is 0.500. The van der Waals surface area contributed by atoms with Crippen molar-refractivity contribution in [3.63, 3.8) is 0 Å². The van der Waals surface area contributed by atoms with Gasteiger partial charge in [-0.05, 0) is 6.15 Å². The summed E-state index contributed by atoms with van der Waals surface area (Å²) in [6.45, 7) is 10.5. The molecule has 0 heterocycles. The summed E-state index contributed by atoms with van der Waals surface area (Å²) >= 11 is 0. The van der Waals surface area contributed by atoms with E-state index in [-0.39, 0.29) is 6.15 Å². The van der Waals surface area contributed by atoms with Gasteiger partial charge >= 0.3 is 0 Å². The van der Waals surface area contributed by atoms with Gasteiger partial charge in [-0.25, -0.2) is 0 Å². The molecule has 0 fully saturated rings. The summed E-state index contributed by atoms with van der Waals surface area (Å²) in [5.74, 6) is 0. The molecule has 0 aliphatic rings. The normalized spacial score (nSPS) is 11.3. The van der Waals surface area contributed by atoms with Gasteiger partial charge in [0.05, 0.1) is 0 Å². The van der Waals surface area contributed by atoms with Crippen LogP contribution >= 0.6 is 0 Å². The zero-order chi connectivity index (χ0) is 5.91. The van der Waals surface area contributed by atoms with Gasteiger partial charge in [0, 0.05) is 0 Å². The van der Waals surface area contributed by atoms with Gasteiger partial charge in [-0.2, -0.15) is 26.8 Å². The minimum Gasteiger partial charge on any atom is -0.190 e. The minimum atomic E-state index is -0.111. The summed E-state index contributed by atoms with van der Waals surface area (Å²) in [4.78, 5) is 0. The Labute approximate surface area is 46.5 Å². The Hall–Kier alpha value is -0.195. The van der Waals surface area contributed by atoms with Gasteiger partial charge in [0.2, 0.25) is 0 Å². The second kappa shape index (κ2) is 2.20. The average molecular weight is 97.0 g/mol. The molecular weight excluding hydrogens is 82.9 g/mol. The predicted octanol–water partition coefficient (Wildman–Crippen LogP) is 2.51. The lowest BCUT2D eigenvalue weighted by atomic mass is 9.28. The molecule has 0 amide bonds. The van der Waals surface area contributed by atoms with E-state index in [4.69, 9.17) is 0 Å². The van der Waals surface area contributed by atoms with Crippen molar-refractivity contribution in [1.29, 1.82) is 0 Å². The van der Waals surface area contributed by atoms with Crippen LogP contribution in [0.4, 0.5) is 0 Å². The molecule has 0 spiro atoms. The highest BCUT2D eigenvalue weighted by molar-refractivity contribution is 6.76. The van der Waals surface area contributed by atoms with E-state index in [0.29, 0.717) is 0 Å². The van der Waals surface area contributed by atoms with Crippen LogP contribution < -0.4 is 0 Å². The molecule has 0 saturated carbocycles. The lowest BCUT2D eigenvalue weighted by Gasteiger charge is -2.18. The quantitative estimate of drug-likeness (QED) is 0.366. The molecule has 0 aromatic carbocycles. The van der Waals surface area contributed by atoms with E-state index in [0.717, 1.165) is 0 Å². The fourth-order valence-corrected chi connectivity index (χ4v) is 0.500. The molecule has 0 bridgehead atoms. The van der Waals surface area contributed by atoms with Gasteiger partial charge in [-0.15, -0.1) is 12.7 Å². The van der Waals surface area contributed by atoms with Crippen molar-refractivity contribution in [3.8, 4) is 0 Å². The maximum Gasteiger partial charge on any atom is -0.00467 e. The Morgan fingerprint density at radius 2 is 1.86 bits per heavy atom. The third-order valence-electron chi connectivity index (χ3n) is 0.874. The average Bonchev–Trinajstić information content (AvgIpc) is 1.30. The van der Waals surface area contributed by atoms with E-state index >= 15 is 0 Å². The second-order valence-electron chi connectivity index (χ2n) is 3.48. The highest BCUT2D eigenvalue weighted by Crippen LogP contribution is 2.06. The van der Waals surface area contributed by atoms with E-state index < -0.39 is 0 Å². The van der Waals surface area contributed by atoms with Crippen LogP contribution in [0.5, 0.6) is 0 Å². The summed E-state index contributed by atoms with van der Waals surface area (Å²) in [6, 6.07) is 0. The Morgan fingerprint density at radius 1 is 1.43 bits per heavy atom. The molecule has 0 aliphatic carbocycles. The van der Waals surface area contributed by atoms with Crippen molar-refractivity contribution in [2.24, 2.45) is 0 Å². The summed E-state index contributed by atoms with van der Waals surface area (Å²) in [6.07, 6.45) is 3.04. The molecule has 0 aromatic rings. The zero-order valence-corrected chi connectivity index (χ0v) is 5.57. The highest BCUT2D eigenvalue weighted by Gasteiger charge is 1.99. The zero-order valence-electron chi connectivity index (χ0n) is 5.57. The van der Waals surface area contributed by atoms with Gasteiger partial charge in [-0.3, -0.25) is 0 Å². The van der Waals surface area contributed by atoms with Crippen molar-refractivity contribution in [2.75, 3.05) is 0 Å². The van der Waals surface area contributed by atoms with Crippen molar-refractivity contribution in [2.45, 2.75) is 26.8 Å². The first kappa shape index (κ1) is 6.80. The molecule has 0 N–H and O–H groups in total. The van der Waals surface area contributed by atoms with Crippen molar-refractivity contribution in [1.82, 2.24) is 0 Å². The minimum absolute atomic E-state index is 0.111. The predicted molar refractivity (Wildman–Crippen MR) is 38.4 cm³/mol. The number of hydrogen-bond acceptors (Lipinski definition) is 0. The van der Waals surface area contributed by atoms with Crippen molar-refractivity contribution < 1.29 is 0 Å². The van der Waals surface area contributed by atoms with E-state index in [2.05, 4.69) is 27.0 Å². The smallest absolute Gasteiger partial charge is 0.00467 e. The summed E-state index contributed by atoms with van der Waals surface area (Å²) in [5.41, 5.74) is 0. The Kier molecular flexibility index (Phi) is 2.14. The van der Waals surface area contributed by atoms with Gasteiger partial charge in [0.1, 0.15) is 0 Å². The molecular formula is C6H14B-. The Bertz CT molecular complexity index is 59.1. The maximum absolute atomic E-state index is 3.66. The van der Waals surface area contributed by atoms with Gasteiger partial charge in [0.15, 0.2) is 0 Å². The standard InChI is InChI=1S/C6H14B/c1-5-6-7(2,3)4/h5H,1,6H2,2-4H3/q-1. The lowest BCUT2D eigenvalue weighted by molar-refractivity contribution is 1.52. The van der Waals surface area contributed by atoms with Crippen molar-refractivity contribution >= 4 is 6.15 Å². The maximum atomic E-state index is 3.66. The van der Waals surface area contributed by atoms with E-state index in [1.54, 1.807) is 0 Å². The molecule has 0 nitrogen and oxygen atoms in total. The molecule has 0 unspecified atom stereocenters. The lowest BCUT2D eigenvalue weighted by Crippen LogP contribution is -2.16. The first-order valence-corrected chi connectivity index (χ1v) is 2.96. The SMILES string of the molecule is C=CC[B-](C)(C)C. The molecule has 0 atom stereocenters. The van der Waals surface area contributed by atoms with Crippen LogP contribution in [0, 0.1) is 0 Å². The van der Waals surface area contributed by atoms with Crippen LogP contribution in [0.1, 0.15) is 0 Å². The summed E-state index contributed by atoms with van der Waals surface area (Å²) in [7, 11) is 0. The third kappa shape index (κ3) is 5.80. The van der Waals surface area contributed by atoms with Crippen LogP contribution in [-0.2, 0) is 0 Å². The van der Waals surface area contributed by atoms with Crippen molar-refractivity contribution in [3.05, 3.63) is 12.7 Å². The summed E-state index contributed by atoms with van der Waals surface area (Å²) < 4.78 is 0. The van der Waals surface area contributed by atoms with Gasteiger partial charge in [-0.1, -0.05) is 0 Å². The van der Waals surface area contributed by atoms with Crippen LogP contribution in [-0.4, -0.2) is 6.15 Å². The van der Waals surface area contributed by atoms with E-state index in [9.17, 15) is 0 Å². The van der Waals surface area contributed by atoms with Crippen LogP contribution in [0.15, 0.2) is 12.7 Å². The van der Waals surface area contributed by atoms with Gasteiger partial charge < -0.3 is 0 Å². The molecule has 0 aromatic heterocycles. The molecule has 0 rings (SSSR count). The monoisotopic (exact) mass is 97.1 g/mol. The Morgan fingerprint density at radius 3 is 1.86 bits per heavy atom. The Balaban J connectivity index is 3.34. The first-order valence-electron chi connectivity index (χ1n) is 2.96. The molecule has 0 aliphatic heterocycles. The second-order valence-corrected chi connectivity index (χ2v) is 3.48. The molecule has 42 valence electrons. The first-order chi connectivity index (χ1) is 3.06. The molecule has 1 heteroatoms. The number of allylic oxidation sites excluding steroid dienone is 1. The van der Waals surface area contributed by atoms with Crippen LogP contribution in [0.3, 0.4) is 0 Å². The topological polar surface area (TPSA) is 0 Å². The van der Waals surface area contributed by atoms with E-state index in [1.165, 1.54) is 6.32 Å². The highest BCUT2D eigenvalue weighted by atomic mass is 13.7. The fraction of sp³-hybridized carbons (Fsp3) is 0.667.